The Morgan fingerprint density at radius 3 is 2.69 bits per heavy atom. The monoisotopic (exact) mass is 242 g/mol. The third-order valence-corrected chi connectivity index (χ3v) is 2.58. The molecule has 1 aromatic rings. The number of carboxylic acid groups (broad SMARTS) is 1. The Bertz CT molecular complexity index is 394. The van der Waals surface area contributed by atoms with Crippen molar-refractivity contribution in [1.29, 1.82) is 0 Å². The number of nitrogens with two attached hydrogens (primary N) is 1. The van der Waals surface area contributed by atoms with Gasteiger partial charge in [0, 0.05) is 14.1 Å². The summed E-state index contributed by atoms with van der Waals surface area (Å²) in [4.78, 5) is 12.5. The first-order valence-corrected chi connectivity index (χ1v) is 5.23. The van der Waals surface area contributed by atoms with Crippen molar-refractivity contribution in [3.05, 3.63) is 28.8 Å². The molecule has 88 valence electrons. The predicted octanol–water partition coefficient (Wildman–Crippen LogP) is 1.36. The van der Waals surface area contributed by atoms with Crippen LogP contribution in [0.3, 0.4) is 0 Å². The first-order valence-electron chi connectivity index (χ1n) is 4.86. The number of carbonyl (C=O) groups is 1. The van der Waals surface area contributed by atoms with Gasteiger partial charge in [0.1, 0.15) is 6.04 Å². The van der Waals surface area contributed by atoms with Gasteiger partial charge in [-0.15, -0.1) is 0 Å². The fourth-order valence-corrected chi connectivity index (χ4v) is 1.66. The largest absolute Gasteiger partial charge is 0.480 e. The predicted molar refractivity (Wildman–Crippen MR) is 65.1 cm³/mol. The molecule has 1 rings (SSSR count). The van der Waals surface area contributed by atoms with Crippen molar-refractivity contribution in [3.8, 4) is 0 Å². The Hall–Kier alpha value is -1.26. The highest BCUT2D eigenvalue weighted by Crippen LogP contribution is 2.25. The quantitative estimate of drug-likeness (QED) is 0.837. The molecule has 0 bridgehead atoms. The highest BCUT2D eigenvalue weighted by atomic mass is 35.5. The summed E-state index contributed by atoms with van der Waals surface area (Å²) in [6, 6.07) is 4.51. The van der Waals surface area contributed by atoms with Crippen molar-refractivity contribution in [2.75, 3.05) is 19.0 Å². The molecular weight excluding hydrogens is 228 g/mol. The SMILES string of the molecule is CN(C)c1cc(CC(N)C(=O)O)ccc1Cl. The molecule has 0 saturated carbocycles. The lowest BCUT2D eigenvalue weighted by atomic mass is 10.1. The van der Waals surface area contributed by atoms with Crippen LogP contribution in [0.2, 0.25) is 5.02 Å². The fraction of sp³-hybridized carbons (Fsp3) is 0.364. The molecule has 1 atom stereocenters. The highest BCUT2D eigenvalue weighted by Gasteiger charge is 2.13. The standard InChI is InChI=1S/C11H15ClN2O2/c1-14(2)10-6-7(3-4-8(10)12)5-9(13)11(15)16/h3-4,6,9H,5,13H2,1-2H3,(H,15,16). The van der Waals surface area contributed by atoms with Gasteiger partial charge < -0.3 is 15.7 Å². The molecule has 1 unspecified atom stereocenters. The first-order chi connectivity index (χ1) is 7.41. The van der Waals surface area contributed by atoms with Gasteiger partial charge in [-0.25, -0.2) is 0 Å². The molecule has 4 nitrogen and oxygen atoms in total. The van der Waals surface area contributed by atoms with E-state index in [0.29, 0.717) is 11.4 Å². The van der Waals surface area contributed by atoms with Crippen molar-refractivity contribution in [2.45, 2.75) is 12.5 Å². The van der Waals surface area contributed by atoms with Gasteiger partial charge >= 0.3 is 5.97 Å². The summed E-state index contributed by atoms with van der Waals surface area (Å²) in [5.74, 6) is -0.999. The molecule has 0 aromatic heterocycles. The van der Waals surface area contributed by atoms with Crippen molar-refractivity contribution in [1.82, 2.24) is 0 Å². The van der Waals surface area contributed by atoms with Crippen LogP contribution >= 0.6 is 11.6 Å². The normalized spacial score (nSPS) is 12.2. The second kappa shape index (κ2) is 5.18. The van der Waals surface area contributed by atoms with Crippen LogP contribution in [-0.2, 0) is 11.2 Å². The van der Waals surface area contributed by atoms with Crippen molar-refractivity contribution < 1.29 is 9.90 Å². The van der Waals surface area contributed by atoms with Crippen LogP contribution in [-0.4, -0.2) is 31.2 Å². The summed E-state index contributed by atoms with van der Waals surface area (Å²) in [7, 11) is 3.75. The Labute approximate surface area is 99.6 Å². The van der Waals surface area contributed by atoms with E-state index in [9.17, 15) is 4.79 Å². The van der Waals surface area contributed by atoms with E-state index in [-0.39, 0.29) is 0 Å². The summed E-state index contributed by atoms with van der Waals surface area (Å²) in [5, 5.41) is 9.35. The molecule has 0 aliphatic rings. The van der Waals surface area contributed by atoms with Crippen LogP contribution in [0, 0.1) is 0 Å². The Kier molecular flexibility index (Phi) is 4.15. The summed E-state index contributed by atoms with van der Waals surface area (Å²) < 4.78 is 0. The molecule has 16 heavy (non-hydrogen) atoms. The maximum absolute atomic E-state index is 10.6. The molecule has 1 aromatic carbocycles. The van der Waals surface area contributed by atoms with E-state index in [1.54, 1.807) is 12.1 Å². The van der Waals surface area contributed by atoms with Crippen LogP contribution < -0.4 is 10.6 Å². The van der Waals surface area contributed by atoms with E-state index in [4.69, 9.17) is 22.4 Å². The molecule has 5 heteroatoms. The number of rotatable bonds is 4. The Morgan fingerprint density at radius 1 is 1.56 bits per heavy atom. The molecule has 0 saturated heterocycles. The minimum Gasteiger partial charge on any atom is -0.480 e. The summed E-state index contributed by atoms with van der Waals surface area (Å²) >= 11 is 6.00. The van der Waals surface area contributed by atoms with Gasteiger partial charge in [-0.2, -0.15) is 0 Å². The van der Waals surface area contributed by atoms with E-state index in [1.165, 1.54) is 0 Å². The Morgan fingerprint density at radius 2 is 2.19 bits per heavy atom. The molecule has 3 N–H and O–H groups in total. The smallest absolute Gasteiger partial charge is 0.320 e. The lowest BCUT2D eigenvalue weighted by Gasteiger charge is -2.16. The van der Waals surface area contributed by atoms with E-state index in [0.717, 1.165) is 11.3 Å². The molecule has 0 aliphatic heterocycles. The second-order valence-corrected chi connectivity index (χ2v) is 4.24. The van der Waals surface area contributed by atoms with E-state index in [2.05, 4.69) is 0 Å². The highest BCUT2D eigenvalue weighted by molar-refractivity contribution is 6.33. The zero-order valence-corrected chi connectivity index (χ0v) is 10.0. The van der Waals surface area contributed by atoms with Crippen LogP contribution in [0.1, 0.15) is 5.56 Å². The number of hydrogen-bond acceptors (Lipinski definition) is 3. The number of nitrogens with zero attached hydrogens (tertiary/aromatic N) is 1. The third kappa shape index (κ3) is 3.12. The number of carboxylic acids is 1. The lowest BCUT2D eigenvalue weighted by molar-refractivity contribution is -0.138. The van der Waals surface area contributed by atoms with Crippen LogP contribution in [0.5, 0.6) is 0 Å². The van der Waals surface area contributed by atoms with Crippen molar-refractivity contribution in [3.63, 3.8) is 0 Å². The molecular formula is C11H15ClN2O2. The average molecular weight is 243 g/mol. The minimum atomic E-state index is -0.999. The van der Waals surface area contributed by atoms with Gasteiger partial charge in [-0.3, -0.25) is 4.79 Å². The molecule has 0 radical (unpaired) electrons. The summed E-state index contributed by atoms with van der Waals surface area (Å²) in [5.41, 5.74) is 7.19. The molecule has 0 spiro atoms. The van der Waals surface area contributed by atoms with E-state index < -0.39 is 12.0 Å². The number of halogens is 1. The zero-order chi connectivity index (χ0) is 12.3. The first kappa shape index (κ1) is 12.8. The van der Waals surface area contributed by atoms with Gasteiger partial charge in [0.15, 0.2) is 0 Å². The van der Waals surface area contributed by atoms with Gasteiger partial charge in [-0.05, 0) is 24.1 Å². The van der Waals surface area contributed by atoms with Crippen LogP contribution in [0.25, 0.3) is 0 Å². The van der Waals surface area contributed by atoms with Crippen LogP contribution in [0.4, 0.5) is 5.69 Å². The second-order valence-electron chi connectivity index (χ2n) is 3.83. The summed E-state index contributed by atoms with van der Waals surface area (Å²) in [6.07, 6.45) is 0.299. The molecule has 0 amide bonds. The maximum Gasteiger partial charge on any atom is 0.320 e. The molecule has 0 heterocycles. The van der Waals surface area contributed by atoms with Crippen molar-refractivity contribution in [2.24, 2.45) is 5.73 Å². The summed E-state index contributed by atoms with van der Waals surface area (Å²) in [6.45, 7) is 0. The Balaban J connectivity index is 2.91. The third-order valence-electron chi connectivity index (χ3n) is 2.27. The number of anilines is 1. The number of benzene rings is 1. The van der Waals surface area contributed by atoms with E-state index in [1.807, 2.05) is 25.1 Å². The molecule has 0 aliphatic carbocycles. The average Bonchev–Trinajstić information content (AvgIpc) is 2.20. The maximum atomic E-state index is 10.6. The van der Waals surface area contributed by atoms with Gasteiger partial charge in [0.2, 0.25) is 0 Å². The topological polar surface area (TPSA) is 66.6 Å². The zero-order valence-electron chi connectivity index (χ0n) is 9.27. The van der Waals surface area contributed by atoms with Gasteiger partial charge in [-0.1, -0.05) is 17.7 Å². The number of aliphatic carboxylic acids is 1. The molecule has 0 fully saturated rings. The van der Waals surface area contributed by atoms with Crippen LogP contribution in [0.15, 0.2) is 18.2 Å². The van der Waals surface area contributed by atoms with Crippen molar-refractivity contribution >= 4 is 23.3 Å². The lowest BCUT2D eigenvalue weighted by Crippen LogP contribution is -2.32. The minimum absolute atomic E-state index is 0.299. The van der Waals surface area contributed by atoms with Gasteiger partial charge in [0.05, 0.1) is 10.7 Å². The fourth-order valence-electron chi connectivity index (χ4n) is 1.37. The van der Waals surface area contributed by atoms with Gasteiger partial charge in [0.25, 0.3) is 0 Å². The van der Waals surface area contributed by atoms with E-state index >= 15 is 0 Å². The number of hydrogen-bond donors (Lipinski definition) is 2.